The summed E-state index contributed by atoms with van der Waals surface area (Å²) in [5.74, 6) is -1.83. The summed E-state index contributed by atoms with van der Waals surface area (Å²) in [6.45, 7) is 8.65. The Kier molecular flexibility index (Phi) is 3.13. The van der Waals surface area contributed by atoms with Crippen molar-refractivity contribution in [1.29, 1.82) is 0 Å². The van der Waals surface area contributed by atoms with Crippen LogP contribution in [0, 0.1) is 17.3 Å². The summed E-state index contributed by atoms with van der Waals surface area (Å²) in [6.07, 6.45) is 0.0234. The van der Waals surface area contributed by atoms with Crippen LogP contribution in [-0.4, -0.2) is 47.2 Å². The average molecular weight is 255 g/mol. The number of carbonyl (C=O) groups excluding carboxylic acids is 1. The van der Waals surface area contributed by atoms with Crippen molar-refractivity contribution in [2.24, 2.45) is 17.3 Å². The Morgan fingerprint density at radius 1 is 1.28 bits per heavy atom. The van der Waals surface area contributed by atoms with E-state index < -0.39 is 17.3 Å². The Hall–Kier alpha value is -1.10. The summed E-state index contributed by atoms with van der Waals surface area (Å²) in [5, 5.41) is 9.13. The van der Waals surface area contributed by atoms with Gasteiger partial charge in [0.25, 0.3) is 0 Å². The predicted molar refractivity (Wildman–Crippen MR) is 65.0 cm³/mol. The number of carboxylic acids is 1. The van der Waals surface area contributed by atoms with Crippen LogP contribution in [0.2, 0.25) is 0 Å². The second-order valence-electron chi connectivity index (χ2n) is 6.10. The first kappa shape index (κ1) is 13.3. The van der Waals surface area contributed by atoms with Gasteiger partial charge >= 0.3 is 5.97 Å². The molecule has 102 valence electrons. The van der Waals surface area contributed by atoms with Crippen molar-refractivity contribution < 1.29 is 19.4 Å². The molecule has 5 nitrogen and oxygen atoms in total. The topological polar surface area (TPSA) is 66.8 Å². The lowest BCUT2D eigenvalue weighted by Crippen LogP contribution is -2.51. The molecule has 1 saturated carbocycles. The van der Waals surface area contributed by atoms with Crippen LogP contribution >= 0.6 is 0 Å². The lowest BCUT2D eigenvalue weighted by atomic mass is 10.1. The molecule has 0 bridgehead atoms. The summed E-state index contributed by atoms with van der Waals surface area (Å²) >= 11 is 0. The van der Waals surface area contributed by atoms with E-state index in [-0.39, 0.29) is 24.0 Å². The maximum atomic E-state index is 12.5. The van der Waals surface area contributed by atoms with Gasteiger partial charge in [0.15, 0.2) is 0 Å². The van der Waals surface area contributed by atoms with Gasteiger partial charge in [0.1, 0.15) is 0 Å². The molecule has 1 aliphatic heterocycles. The quantitative estimate of drug-likeness (QED) is 0.798. The van der Waals surface area contributed by atoms with Crippen LogP contribution in [0.5, 0.6) is 0 Å². The fourth-order valence-electron chi connectivity index (χ4n) is 2.95. The van der Waals surface area contributed by atoms with E-state index in [1.165, 1.54) is 0 Å². The molecule has 0 aromatic rings. The molecule has 2 unspecified atom stereocenters. The van der Waals surface area contributed by atoms with Crippen molar-refractivity contribution >= 4 is 11.9 Å². The Balaban J connectivity index is 2.10. The zero-order valence-electron chi connectivity index (χ0n) is 11.3. The van der Waals surface area contributed by atoms with Crippen molar-refractivity contribution in [2.45, 2.75) is 39.8 Å². The van der Waals surface area contributed by atoms with Crippen LogP contribution < -0.4 is 0 Å². The second kappa shape index (κ2) is 4.23. The minimum Gasteiger partial charge on any atom is -0.481 e. The minimum atomic E-state index is -0.868. The predicted octanol–water partition coefficient (Wildman–Crippen LogP) is 0.979. The van der Waals surface area contributed by atoms with Crippen molar-refractivity contribution in [2.75, 3.05) is 13.2 Å². The first-order chi connectivity index (χ1) is 8.26. The van der Waals surface area contributed by atoms with Gasteiger partial charge in [-0.2, -0.15) is 0 Å². The maximum absolute atomic E-state index is 12.5. The van der Waals surface area contributed by atoms with E-state index in [0.29, 0.717) is 13.2 Å². The largest absolute Gasteiger partial charge is 0.481 e. The number of ether oxygens (including phenoxy) is 1. The number of hydrogen-bond donors (Lipinski definition) is 1. The zero-order valence-corrected chi connectivity index (χ0v) is 11.3. The van der Waals surface area contributed by atoms with Crippen molar-refractivity contribution in [3.63, 3.8) is 0 Å². The number of rotatable bonds is 2. The monoisotopic (exact) mass is 255 g/mol. The van der Waals surface area contributed by atoms with Crippen LogP contribution in [0.25, 0.3) is 0 Å². The summed E-state index contributed by atoms with van der Waals surface area (Å²) < 4.78 is 5.49. The third-order valence-corrected chi connectivity index (χ3v) is 4.25. The van der Waals surface area contributed by atoms with E-state index in [1.54, 1.807) is 4.90 Å². The van der Waals surface area contributed by atoms with Crippen LogP contribution in [0.4, 0.5) is 0 Å². The molecule has 2 aliphatic rings. The molecule has 5 heteroatoms. The van der Waals surface area contributed by atoms with Gasteiger partial charge in [0, 0.05) is 6.54 Å². The molecule has 18 heavy (non-hydrogen) atoms. The number of morpholine rings is 1. The molecule has 1 amide bonds. The zero-order chi connectivity index (χ0) is 13.7. The highest BCUT2D eigenvalue weighted by Gasteiger charge is 2.66. The van der Waals surface area contributed by atoms with Gasteiger partial charge < -0.3 is 14.7 Å². The van der Waals surface area contributed by atoms with Gasteiger partial charge in [-0.3, -0.25) is 9.59 Å². The van der Waals surface area contributed by atoms with Crippen LogP contribution in [-0.2, 0) is 14.3 Å². The molecule has 0 aromatic carbocycles. The molecule has 0 aromatic heterocycles. The highest BCUT2D eigenvalue weighted by Crippen LogP contribution is 2.59. The van der Waals surface area contributed by atoms with Gasteiger partial charge in [0.05, 0.1) is 30.6 Å². The highest BCUT2D eigenvalue weighted by molar-refractivity contribution is 5.91. The molecule has 0 spiro atoms. The molecule has 1 saturated heterocycles. The van der Waals surface area contributed by atoms with Crippen molar-refractivity contribution in [1.82, 2.24) is 4.90 Å². The molecule has 1 N–H and O–H groups in total. The number of amides is 1. The Labute approximate surface area is 107 Å². The minimum absolute atomic E-state index is 0.0234. The number of nitrogens with zero attached hydrogens (tertiary/aromatic N) is 1. The summed E-state index contributed by atoms with van der Waals surface area (Å²) in [6, 6.07) is 0.0274. The van der Waals surface area contributed by atoms with Crippen LogP contribution in [0.3, 0.4) is 0 Å². The van der Waals surface area contributed by atoms with E-state index in [1.807, 2.05) is 27.7 Å². The Morgan fingerprint density at radius 2 is 1.89 bits per heavy atom. The Morgan fingerprint density at radius 3 is 2.39 bits per heavy atom. The first-order valence-corrected chi connectivity index (χ1v) is 6.41. The van der Waals surface area contributed by atoms with Gasteiger partial charge in [0.2, 0.25) is 5.91 Å². The van der Waals surface area contributed by atoms with Crippen molar-refractivity contribution in [3.05, 3.63) is 0 Å². The normalized spacial score (nSPS) is 38.3. The molecule has 4 atom stereocenters. The van der Waals surface area contributed by atoms with Crippen molar-refractivity contribution in [3.8, 4) is 0 Å². The molecule has 0 radical (unpaired) electrons. The maximum Gasteiger partial charge on any atom is 0.307 e. The van der Waals surface area contributed by atoms with E-state index >= 15 is 0 Å². The summed E-state index contributed by atoms with van der Waals surface area (Å²) in [7, 11) is 0. The highest BCUT2D eigenvalue weighted by atomic mass is 16.5. The van der Waals surface area contributed by atoms with Crippen LogP contribution in [0.1, 0.15) is 27.7 Å². The number of carboxylic acid groups (broad SMARTS) is 1. The fraction of sp³-hybridized carbons (Fsp3) is 0.846. The number of hydrogen-bond acceptors (Lipinski definition) is 3. The standard InChI is InChI=1S/C13H21NO4/c1-7-6-18-8(2)5-14(7)11(15)9-10(12(16)17)13(9,3)4/h7-10H,5-6H2,1-4H3,(H,16,17)/t7?,8?,9-,10+/m1/s1. The first-order valence-electron chi connectivity index (χ1n) is 6.41. The van der Waals surface area contributed by atoms with Crippen LogP contribution in [0.15, 0.2) is 0 Å². The SMILES string of the molecule is CC1CN(C(=O)[C@H]2[C@@H](C(=O)O)C2(C)C)C(C)CO1. The molecule has 2 fully saturated rings. The van der Waals surface area contributed by atoms with Gasteiger partial charge in [-0.05, 0) is 19.3 Å². The van der Waals surface area contributed by atoms with Gasteiger partial charge in [-0.15, -0.1) is 0 Å². The lowest BCUT2D eigenvalue weighted by Gasteiger charge is -2.37. The van der Waals surface area contributed by atoms with Gasteiger partial charge in [-0.25, -0.2) is 0 Å². The third kappa shape index (κ3) is 2.00. The lowest BCUT2D eigenvalue weighted by molar-refractivity contribution is -0.148. The molecular weight excluding hydrogens is 234 g/mol. The van der Waals surface area contributed by atoms with E-state index in [9.17, 15) is 9.59 Å². The molecule has 1 heterocycles. The Bertz CT molecular complexity index is 379. The van der Waals surface area contributed by atoms with E-state index in [2.05, 4.69) is 0 Å². The summed E-state index contributed by atoms with van der Waals surface area (Å²) in [5.41, 5.74) is -0.426. The number of aliphatic carboxylic acids is 1. The fourth-order valence-corrected chi connectivity index (χ4v) is 2.95. The van der Waals surface area contributed by atoms with Gasteiger partial charge in [-0.1, -0.05) is 13.8 Å². The molecule has 1 aliphatic carbocycles. The summed E-state index contributed by atoms with van der Waals surface area (Å²) in [4.78, 5) is 25.4. The number of carbonyl (C=O) groups is 2. The molecule has 2 rings (SSSR count). The van der Waals surface area contributed by atoms with E-state index in [4.69, 9.17) is 9.84 Å². The average Bonchev–Trinajstić information content (AvgIpc) is 2.84. The third-order valence-electron chi connectivity index (χ3n) is 4.25. The smallest absolute Gasteiger partial charge is 0.307 e. The second-order valence-corrected chi connectivity index (χ2v) is 6.10. The molecular formula is C13H21NO4. The van der Waals surface area contributed by atoms with E-state index in [0.717, 1.165) is 0 Å².